The maximum atomic E-state index is 8.64. The van der Waals surface area contributed by atoms with Crippen molar-refractivity contribution in [1.82, 2.24) is 0 Å². The van der Waals surface area contributed by atoms with Crippen molar-refractivity contribution in [2.45, 2.75) is 0 Å². The Labute approximate surface area is 56.7 Å². The predicted octanol–water partition coefficient (Wildman–Crippen LogP) is -2.52. The van der Waals surface area contributed by atoms with Gasteiger partial charge in [-0.1, -0.05) is 0 Å². The Morgan fingerprint density at radius 2 is 1.67 bits per heavy atom. The molecule has 0 saturated heterocycles. The molecule has 0 aromatic heterocycles. The molecule has 0 aromatic carbocycles. The average molecular weight is 100 g/mol. The number of rotatable bonds is 2. The van der Waals surface area contributed by atoms with Crippen LogP contribution in [-0.2, 0) is 4.94 Å². The van der Waals surface area contributed by atoms with Crippen molar-refractivity contribution in [3.05, 3.63) is 9.81 Å². The summed E-state index contributed by atoms with van der Waals surface area (Å²) < 4.78 is 0. The first-order valence-electron chi connectivity index (χ1n) is 0.730. The molecule has 0 heterocycles. The molecule has 0 aliphatic rings. The molecule has 0 aliphatic carbocycles. The Morgan fingerprint density at radius 1 is 1.33 bits per heavy atom. The van der Waals surface area contributed by atoms with Crippen molar-refractivity contribution in [1.29, 1.82) is 0 Å². The third-order valence-corrected chi connectivity index (χ3v) is 0.0667. The summed E-state index contributed by atoms with van der Waals surface area (Å²) in [4.78, 5) is 20.2. The van der Waals surface area contributed by atoms with Crippen LogP contribution in [0.15, 0.2) is 10.7 Å². The summed E-state index contributed by atoms with van der Waals surface area (Å²) in [5.74, 6) is 0. The molecule has 5 nitrogen and oxygen atoms in total. The van der Waals surface area contributed by atoms with Crippen LogP contribution in [0.1, 0.15) is 1.43 Å². The molecule has 30 valence electrons. The molecule has 0 unspecified atom stereocenters. The van der Waals surface area contributed by atoms with E-state index in [4.69, 9.17) is 9.81 Å². The monoisotopic (exact) mass is 100.0 g/mol. The predicted molar refractivity (Wildman–Crippen MR) is 13.8 cm³/mol. The van der Waals surface area contributed by atoms with Crippen LogP contribution in [0.25, 0.3) is 0 Å². The van der Waals surface area contributed by atoms with Gasteiger partial charge in [0.05, 0.1) is 0 Å². The van der Waals surface area contributed by atoms with Crippen LogP contribution in [0.2, 0.25) is 0 Å². The molecule has 0 amide bonds. The van der Waals surface area contributed by atoms with Crippen LogP contribution in [-0.4, -0.2) is 0 Å². The second-order valence-electron chi connectivity index (χ2n) is 0.231. The first-order chi connectivity index (χ1) is 2.41. The van der Waals surface area contributed by atoms with E-state index in [2.05, 4.69) is 4.94 Å². The fourth-order valence-corrected chi connectivity index (χ4v) is 0.0136. The molecular formula is HN2NaO3. The molecule has 0 bridgehead atoms. The summed E-state index contributed by atoms with van der Waals surface area (Å²) in [5.41, 5.74) is 0. The van der Waals surface area contributed by atoms with E-state index in [1.807, 2.05) is 0 Å². The smallest absolute Gasteiger partial charge is 1.00 e. The van der Waals surface area contributed by atoms with E-state index in [0.717, 1.165) is 0 Å². The van der Waals surface area contributed by atoms with Gasteiger partial charge in [-0.3, -0.25) is 0 Å². The van der Waals surface area contributed by atoms with Gasteiger partial charge < -0.3 is 1.43 Å². The minimum atomic E-state index is 0. The fraction of sp³-hybridized carbons (Fsp3) is 0. The Balaban J connectivity index is -0.0000000800. The molecular weight excluding hydrogens is 99.0 g/mol. The van der Waals surface area contributed by atoms with Gasteiger partial charge in [-0.15, -0.1) is 9.81 Å². The van der Waals surface area contributed by atoms with E-state index in [-0.39, 0.29) is 31.0 Å². The normalized spacial score (nSPS) is 4.67. The van der Waals surface area contributed by atoms with Gasteiger partial charge in [-0.05, 0) is 0 Å². The third-order valence-electron chi connectivity index (χ3n) is 0.0667. The summed E-state index contributed by atoms with van der Waals surface area (Å²) in [6.07, 6.45) is 0. The van der Waals surface area contributed by atoms with Crippen molar-refractivity contribution in [3.63, 3.8) is 0 Å². The summed E-state index contributed by atoms with van der Waals surface area (Å²) in [5, 5.41) is 3.25. The second kappa shape index (κ2) is 8.89. The average Bonchev–Trinajstić information content (AvgIpc) is 1.41. The molecule has 0 aliphatic heterocycles. The number of hydrogen-bond acceptors (Lipinski definition) is 5. The SMILES string of the molecule is O=NON=O.[H-].[Na+]. The maximum Gasteiger partial charge on any atom is 1.00 e. The van der Waals surface area contributed by atoms with Crippen LogP contribution >= 0.6 is 0 Å². The van der Waals surface area contributed by atoms with Crippen LogP contribution in [0.3, 0.4) is 0 Å². The van der Waals surface area contributed by atoms with Crippen LogP contribution in [0.4, 0.5) is 0 Å². The topological polar surface area (TPSA) is 68.1 Å². The molecule has 6 heavy (non-hydrogen) atoms. The standard InChI is InChI=1S/N2O3.Na.H/c3-1-5-2-4;;/q;+1;-1. The van der Waals surface area contributed by atoms with Gasteiger partial charge in [0.2, 0.25) is 0 Å². The van der Waals surface area contributed by atoms with Gasteiger partial charge in [0.25, 0.3) is 0 Å². The summed E-state index contributed by atoms with van der Waals surface area (Å²) in [7, 11) is 0. The molecule has 0 spiro atoms. The second-order valence-corrected chi connectivity index (χ2v) is 0.231. The molecule has 0 radical (unpaired) electrons. The van der Waals surface area contributed by atoms with E-state index >= 15 is 0 Å². The molecule has 6 heteroatoms. The zero-order chi connectivity index (χ0) is 4.12. The molecule has 0 fully saturated rings. The van der Waals surface area contributed by atoms with E-state index in [1.54, 1.807) is 10.7 Å². The molecule has 0 N–H and O–H groups in total. The Morgan fingerprint density at radius 3 is 1.67 bits per heavy atom. The van der Waals surface area contributed by atoms with Gasteiger partial charge in [-0.2, -0.15) is 4.94 Å². The van der Waals surface area contributed by atoms with Crippen LogP contribution < -0.4 is 29.6 Å². The van der Waals surface area contributed by atoms with E-state index < -0.39 is 0 Å². The minimum absolute atomic E-state index is 0. The fourth-order valence-electron chi connectivity index (χ4n) is 0.0136. The van der Waals surface area contributed by atoms with Gasteiger partial charge in [0, 0.05) is 0 Å². The largest absolute Gasteiger partial charge is 1.00 e. The molecule has 0 aromatic rings. The Hall–Kier alpha value is 0. The minimum Gasteiger partial charge on any atom is -1.00 e. The number of nitrogens with zero attached hydrogens (tertiary/aromatic N) is 2. The summed E-state index contributed by atoms with van der Waals surface area (Å²) in [6.45, 7) is 0. The third kappa shape index (κ3) is 9.00. The Kier molecular flexibility index (Phi) is 13.9. The summed E-state index contributed by atoms with van der Waals surface area (Å²) in [6, 6.07) is 0. The van der Waals surface area contributed by atoms with Crippen LogP contribution in [0.5, 0.6) is 0 Å². The van der Waals surface area contributed by atoms with Gasteiger partial charge in [-0.25, -0.2) is 0 Å². The van der Waals surface area contributed by atoms with E-state index in [1.165, 1.54) is 0 Å². The molecule has 0 atom stereocenters. The van der Waals surface area contributed by atoms with Crippen molar-refractivity contribution >= 4 is 0 Å². The van der Waals surface area contributed by atoms with Crippen molar-refractivity contribution in [2.75, 3.05) is 0 Å². The van der Waals surface area contributed by atoms with Crippen molar-refractivity contribution < 1.29 is 35.9 Å². The first kappa shape index (κ1) is 9.38. The number of hydrogen-bond donors (Lipinski definition) is 0. The van der Waals surface area contributed by atoms with E-state index in [0.29, 0.717) is 0 Å². The van der Waals surface area contributed by atoms with Gasteiger partial charge >= 0.3 is 29.6 Å². The Bertz CT molecular complexity index is 42.2. The first-order valence-corrected chi connectivity index (χ1v) is 0.730. The van der Waals surface area contributed by atoms with Gasteiger partial charge in [0.15, 0.2) is 10.7 Å². The quantitative estimate of drug-likeness (QED) is 0.218. The summed E-state index contributed by atoms with van der Waals surface area (Å²) >= 11 is 0. The zero-order valence-electron chi connectivity index (χ0n) is 4.12. The molecule has 0 rings (SSSR count). The van der Waals surface area contributed by atoms with Gasteiger partial charge in [0.1, 0.15) is 0 Å². The van der Waals surface area contributed by atoms with Crippen molar-refractivity contribution in [3.8, 4) is 0 Å². The van der Waals surface area contributed by atoms with Crippen molar-refractivity contribution in [2.24, 2.45) is 10.7 Å². The molecule has 0 saturated carbocycles. The zero-order valence-corrected chi connectivity index (χ0v) is 5.12. The van der Waals surface area contributed by atoms with E-state index in [9.17, 15) is 0 Å². The van der Waals surface area contributed by atoms with Crippen LogP contribution in [0, 0.1) is 9.81 Å². The maximum absolute atomic E-state index is 8.64.